The molecule has 1 aliphatic rings. The van der Waals surface area contributed by atoms with E-state index in [9.17, 15) is 9.90 Å². The van der Waals surface area contributed by atoms with Crippen LogP contribution >= 0.6 is 0 Å². The molecule has 0 saturated carbocycles. The number of rotatable bonds is 2. The predicted molar refractivity (Wildman–Crippen MR) is 95.8 cm³/mol. The van der Waals surface area contributed by atoms with E-state index in [1.54, 1.807) is 30.7 Å². The Kier molecular flexibility index (Phi) is 3.93. The zero-order valence-electron chi connectivity index (χ0n) is 13.7. The van der Waals surface area contributed by atoms with Crippen molar-refractivity contribution in [1.82, 2.24) is 14.9 Å². The molecule has 4 rings (SSSR count). The molecule has 6 nitrogen and oxygen atoms in total. The van der Waals surface area contributed by atoms with E-state index in [2.05, 4.69) is 14.9 Å². The summed E-state index contributed by atoms with van der Waals surface area (Å²) in [5.41, 5.74) is 0.672. The van der Waals surface area contributed by atoms with Crippen LogP contribution in [0.3, 0.4) is 0 Å². The van der Waals surface area contributed by atoms with Crippen LogP contribution in [0.15, 0.2) is 55.0 Å². The Morgan fingerprint density at radius 2 is 1.72 bits per heavy atom. The Hall–Kier alpha value is -3.15. The lowest BCUT2D eigenvalue weighted by molar-refractivity contribution is 0.0746. The van der Waals surface area contributed by atoms with Crippen molar-refractivity contribution >= 4 is 22.5 Å². The fraction of sp³-hybridized carbons (Fsp3) is 0.211. The highest BCUT2D eigenvalue weighted by Crippen LogP contribution is 2.22. The van der Waals surface area contributed by atoms with Gasteiger partial charge in [-0.15, -0.1) is 0 Å². The third-order valence-electron chi connectivity index (χ3n) is 4.51. The van der Waals surface area contributed by atoms with Crippen LogP contribution < -0.4 is 4.90 Å². The summed E-state index contributed by atoms with van der Waals surface area (Å²) in [6.45, 7) is 2.80. The highest BCUT2D eigenvalue weighted by Gasteiger charge is 2.23. The van der Waals surface area contributed by atoms with E-state index in [0.29, 0.717) is 18.7 Å². The first-order valence-corrected chi connectivity index (χ1v) is 8.24. The molecule has 0 spiro atoms. The smallest absolute Gasteiger partial charge is 0.253 e. The number of phenolic OH excluding ortho intramolecular Hbond substituents is 1. The van der Waals surface area contributed by atoms with Gasteiger partial charge in [0.15, 0.2) is 0 Å². The second-order valence-electron chi connectivity index (χ2n) is 6.09. The summed E-state index contributed by atoms with van der Waals surface area (Å²) in [4.78, 5) is 25.2. The van der Waals surface area contributed by atoms with E-state index < -0.39 is 0 Å². The first-order valence-electron chi connectivity index (χ1n) is 8.24. The monoisotopic (exact) mass is 334 g/mol. The van der Waals surface area contributed by atoms with Crippen molar-refractivity contribution < 1.29 is 9.90 Å². The van der Waals surface area contributed by atoms with Crippen LogP contribution in [-0.2, 0) is 0 Å². The average molecular weight is 334 g/mol. The number of anilines is 1. The number of hydrogen-bond acceptors (Lipinski definition) is 5. The van der Waals surface area contributed by atoms with E-state index in [4.69, 9.17) is 0 Å². The fourth-order valence-corrected chi connectivity index (χ4v) is 3.14. The van der Waals surface area contributed by atoms with Crippen molar-refractivity contribution in [2.24, 2.45) is 0 Å². The Labute approximate surface area is 145 Å². The molecule has 1 aliphatic heterocycles. The lowest BCUT2D eigenvalue weighted by Crippen LogP contribution is -2.49. The van der Waals surface area contributed by atoms with Crippen molar-refractivity contribution in [3.05, 3.63) is 60.6 Å². The summed E-state index contributed by atoms with van der Waals surface area (Å²) >= 11 is 0. The van der Waals surface area contributed by atoms with Gasteiger partial charge in [-0.25, -0.2) is 4.98 Å². The van der Waals surface area contributed by atoms with Crippen LogP contribution in [0, 0.1) is 0 Å². The maximum Gasteiger partial charge on any atom is 0.253 e. The quantitative estimate of drug-likeness (QED) is 0.779. The van der Waals surface area contributed by atoms with Gasteiger partial charge in [-0.3, -0.25) is 9.78 Å². The Morgan fingerprint density at radius 3 is 2.48 bits per heavy atom. The molecular weight excluding hydrogens is 316 g/mol. The third kappa shape index (κ3) is 3.10. The van der Waals surface area contributed by atoms with Crippen LogP contribution in [-0.4, -0.2) is 52.1 Å². The molecule has 0 radical (unpaired) electrons. The molecule has 1 N–H and O–H groups in total. The van der Waals surface area contributed by atoms with Crippen molar-refractivity contribution in [3.8, 4) is 5.75 Å². The second-order valence-corrected chi connectivity index (χ2v) is 6.09. The molecule has 1 saturated heterocycles. The Morgan fingerprint density at radius 1 is 0.960 bits per heavy atom. The lowest BCUT2D eigenvalue weighted by atomic mass is 10.1. The number of nitrogens with zero attached hydrogens (tertiary/aromatic N) is 4. The SMILES string of the molecule is O=C(c1ccc2cc(O)ccc2c1)N1CCN(c2cnccn2)CC1. The molecule has 0 bridgehead atoms. The van der Waals surface area contributed by atoms with Gasteiger partial charge in [0.25, 0.3) is 5.91 Å². The number of fused-ring (bicyclic) bond motifs is 1. The van der Waals surface area contributed by atoms with Gasteiger partial charge in [-0.2, -0.15) is 0 Å². The van der Waals surface area contributed by atoms with E-state index in [-0.39, 0.29) is 11.7 Å². The Bertz CT molecular complexity index is 906. The molecule has 126 valence electrons. The van der Waals surface area contributed by atoms with Crippen LogP contribution in [0.2, 0.25) is 0 Å². The highest BCUT2D eigenvalue weighted by atomic mass is 16.3. The molecular formula is C19H18N4O2. The van der Waals surface area contributed by atoms with Crippen molar-refractivity contribution in [3.63, 3.8) is 0 Å². The number of aromatic hydroxyl groups is 1. The highest BCUT2D eigenvalue weighted by molar-refractivity contribution is 5.99. The average Bonchev–Trinajstić information content (AvgIpc) is 2.68. The minimum Gasteiger partial charge on any atom is -0.508 e. The third-order valence-corrected chi connectivity index (χ3v) is 4.51. The number of aromatic nitrogens is 2. The van der Waals surface area contributed by atoms with Crippen LogP contribution in [0.25, 0.3) is 10.8 Å². The van der Waals surface area contributed by atoms with Gasteiger partial charge >= 0.3 is 0 Å². The number of phenols is 1. The molecule has 2 aromatic carbocycles. The molecule has 0 unspecified atom stereocenters. The van der Waals surface area contributed by atoms with Crippen LogP contribution in [0.1, 0.15) is 10.4 Å². The number of hydrogen-bond donors (Lipinski definition) is 1. The fourth-order valence-electron chi connectivity index (χ4n) is 3.14. The minimum atomic E-state index is 0.0359. The summed E-state index contributed by atoms with van der Waals surface area (Å²) in [5.74, 6) is 1.11. The second kappa shape index (κ2) is 6.39. The largest absolute Gasteiger partial charge is 0.508 e. The lowest BCUT2D eigenvalue weighted by Gasteiger charge is -2.35. The molecule has 3 aromatic rings. The maximum absolute atomic E-state index is 12.8. The summed E-state index contributed by atoms with van der Waals surface area (Å²) in [6, 6.07) is 10.7. The zero-order chi connectivity index (χ0) is 17.2. The number of amides is 1. The van der Waals surface area contributed by atoms with Crippen LogP contribution in [0.5, 0.6) is 5.75 Å². The summed E-state index contributed by atoms with van der Waals surface area (Å²) in [6.07, 6.45) is 5.08. The maximum atomic E-state index is 12.8. The van der Waals surface area contributed by atoms with Gasteiger partial charge in [-0.1, -0.05) is 12.1 Å². The van der Waals surface area contributed by atoms with Gasteiger partial charge in [0.2, 0.25) is 0 Å². The van der Waals surface area contributed by atoms with Crippen molar-refractivity contribution in [1.29, 1.82) is 0 Å². The van der Waals surface area contributed by atoms with Gasteiger partial charge < -0.3 is 14.9 Å². The summed E-state index contributed by atoms with van der Waals surface area (Å²) in [7, 11) is 0. The first kappa shape index (κ1) is 15.4. The van der Waals surface area contributed by atoms with Gasteiger partial charge in [0.05, 0.1) is 6.20 Å². The van der Waals surface area contributed by atoms with E-state index in [0.717, 1.165) is 29.7 Å². The molecule has 0 aliphatic carbocycles. The number of carbonyl (C=O) groups is 1. The standard InChI is InChI=1S/C19H18N4O2/c24-17-4-3-14-11-16(2-1-15(14)12-17)19(25)23-9-7-22(8-10-23)18-13-20-5-6-21-18/h1-6,11-13,24H,7-10H2. The normalized spacial score (nSPS) is 14.7. The molecule has 6 heteroatoms. The Balaban J connectivity index is 1.48. The zero-order valence-corrected chi connectivity index (χ0v) is 13.7. The van der Waals surface area contributed by atoms with E-state index in [1.165, 1.54) is 0 Å². The van der Waals surface area contributed by atoms with Crippen molar-refractivity contribution in [2.75, 3.05) is 31.1 Å². The van der Waals surface area contributed by atoms with Gasteiger partial charge in [0.1, 0.15) is 11.6 Å². The molecule has 2 heterocycles. The number of benzene rings is 2. The van der Waals surface area contributed by atoms with E-state index >= 15 is 0 Å². The van der Waals surface area contributed by atoms with Gasteiger partial charge in [-0.05, 0) is 35.0 Å². The van der Waals surface area contributed by atoms with Gasteiger partial charge in [0, 0.05) is 44.1 Å². The van der Waals surface area contributed by atoms with E-state index in [1.807, 2.05) is 29.2 Å². The molecule has 1 amide bonds. The predicted octanol–water partition coefficient (Wildman–Crippen LogP) is 2.30. The molecule has 25 heavy (non-hydrogen) atoms. The first-order chi connectivity index (χ1) is 12.2. The molecule has 1 fully saturated rings. The van der Waals surface area contributed by atoms with Crippen molar-refractivity contribution in [2.45, 2.75) is 0 Å². The molecule has 0 atom stereocenters. The number of carbonyl (C=O) groups excluding carboxylic acids is 1. The number of piperazine rings is 1. The molecule has 1 aromatic heterocycles. The van der Waals surface area contributed by atoms with Crippen LogP contribution in [0.4, 0.5) is 5.82 Å². The summed E-state index contributed by atoms with van der Waals surface area (Å²) < 4.78 is 0. The minimum absolute atomic E-state index is 0.0359. The summed E-state index contributed by atoms with van der Waals surface area (Å²) in [5, 5.41) is 11.4. The topological polar surface area (TPSA) is 69.6 Å².